The van der Waals surface area contributed by atoms with Crippen molar-refractivity contribution >= 4 is 11.7 Å². The van der Waals surface area contributed by atoms with Crippen molar-refractivity contribution in [2.75, 3.05) is 18.0 Å². The van der Waals surface area contributed by atoms with Gasteiger partial charge in [-0.3, -0.25) is 4.79 Å². The van der Waals surface area contributed by atoms with Crippen LogP contribution in [0.1, 0.15) is 35.2 Å². The summed E-state index contributed by atoms with van der Waals surface area (Å²) in [6, 6.07) is 9.87. The number of ether oxygens (including phenoxy) is 1. The number of anilines is 1. The van der Waals surface area contributed by atoms with Gasteiger partial charge in [0.05, 0.1) is 5.56 Å². The molecule has 0 unspecified atom stereocenters. The molecule has 0 atom stereocenters. The first-order valence-corrected chi connectivity index (χ1v) is 8.66. The maximum Gasteiger partial charge on any atom is 0.387 e. The van der Waals surface area contributed by atoms with Gasteiger partial charge >= 0.3 is 6.61 Å². The number of carbonyl (C=O) groups is 1. The highest BCUT2D eigenvalue weighted by atomic mass is 19.3. The van der Waals surface area contributed by atoms with Crippen LogP contribution in [0.25, 0.3) is 0 Å². The molecule has 0 aliphatic carbocycles. The Balaban J connectivity index is 1.71. The van der Waals surface area contributed by atoms with Crippen LogP contribution in [0, 0.1) is 0 Å². The summed E-state index contributed by atoms with van der Waals surface area (Å²) in [5.74, 6) is 0.442. The molecule has 26 heavy (non-hydrogen) atoms. The summed E-state index contributed by atoms with van der Waals surface area (Å²) in [6.07, 6.45) is 5.02. The number of nitrogens with one attached hydrogen (secondary N) is 1. The number of amides is 1. The summed E-state index contributed by atoms with van der Waals surface area (Å²) >= 11 is 0. The number of alkyl halides is 2. The lowest BCUT2D eigenvalue weighted by atomic mass is 10.1. The third kappa shape index (κ3) is 4.47. The van der Waals surface area contributed by atoms with E-state index in [1.54, 1.807) is 36.5 Å². The van der Waals surface area contributed by atoms with Gasteiger partial charge in [-0.2, -0.15) is 8.78 Å². The van der Waals surface area contributed by atoms with Crippen molar-refractivity contribution in [3.8, 4) is 5.75 Å². The van der Waals surface area contributed by atoms with E-state index in [0.717, 1.165) is 25.9 Å². The number of hydrogen-bond donors (Lipinski definition) is 1. The van der Waals surface area contributed by atoms with Gasteiger partial charge in [-0.05, 0) is 37.5 Å². The Morgan fingerprint density at radius 3 is 2.69 bits per heavy atom. The summed E-state index contributed by atoms with van der Waals surface area (Å²) in [5.41, 5.74) is 0.978. The lowest BCUT2D eigenvalue weighted by Gasteiger charge is -2.29. The van der Waals surface area contributed by atoms with Crippen LogP contribution in [0.15, 0.2) is 42.6 Å². The Hall–Kier alpha value is -2.70. The molecule has 1 aromatic heterocycles. The molecule has 2 aromatic rings. The van der Waals surface area contributed by atoms with E-state index < -0.39 is 6.61 Å². The molecule has 0 radical (unpaired) electrons. The molecule has 1 aromatic carbocycles. The van der Waals surface area contributed by atoms with Crippen LogP contribution in [0.4, 0.5) is 14.6 Å². The number of hydrogen-bond acceptors (Lipinski definition) is 4. The van der Waals surface area contributed by atoms with Gasteiger partial charge in [0.25, 0.3) is 5.91 Å². The van der Waals surface area contributed by atoms with Crippen molar-refractivity contribution in [2.45, 2.75) is 32.4 Å². The van der Waals surface area contributed by atoms with Crippen LogP contribution in [0.5, 0.6) is 5.75 Å². The molecule has 3 rings (SSSR count). The number of nitrogens with zero attached hydrogens (tertiary/aromatic N) is 2. The quantitative estimate of drug-likeness (QED) is 0.854. The SMILES string of the molecule is O=C(NCc1ccccc1OC(F)F)c1cccnc1N1CCCCC1. The monoisotopic (exact) mass is 361 g/mol. The highest BCUT2D eigenvalue weighted by Gasteiger charge is 2.20. The summed E-state index contributed by atoms with van der Waals surface area (Å²) in [4.78, 5) is 19.1. The zero-order valence-corrected chi connectivity index (χ0v) is 14.3. The number of benzene rings is 1. The predicted molar refractivity (Wildman–Crippen MR) is 94.5 cm³/mol. The number of rotatable bonds is 6. The van der Waals surface area contributed by atoms with Crippen LogP contribution >= 0.6 is 0 Å². The first-order valence-electron chi connectivity index (χ1n) is 8.66. The number of pyridine rings is 1. The molecular formula is C19H21F2N3O2. The summed E-state index contributed by atoms with van der Waals surface area (Å²) in [6.45, 7) is -1.06. The van der Waals surface area contributed by atoms with Crippen LogP contribution < -0.4 is 15.0 Å². The van der Waals surface area contributed by atoms with E-state index in [4.69, 9.17) is 0 Å². The lowest BCUT2D eigenvalue weighted by Crippen LogP contribution is -2.33. The average Bonchev–Trinajstić information content (AvgIpc) is 2.67. The Labute approximate surface area is 151 Å². The molecule has 0 saturated carbocycles. The summed E-state index contributed by atoms with van der Waals surface area (Å²) in [5, 5.41) is 2.78. The number of aromatic nitrogens is 1. The molecule has 7 heteroatoms. The highest BCUT2D eigenvalue weighted by molar-refractivity contribution is 5.98. The third-order valence-electron chi connectivity index (χ3n) is 4.31. The largest absolute Gasteiger partial charge is 0.434 e. The van der Waals surface area contributed by atoms with Crippen molar-refractivity contribution in [1.82, 2.24) is 10.3 Å². The second kappa shape index (κ2) is 8.60. The van der Waals surface area contributed by atoms with Crippen LogP contribution in [0.2, 0.25) is 0 Å². The molecule has 1 aliphatic heterocycles. The fourth-order valence-corrected chi connectivity index (χ4v) is 3.06. The van der Waals surface area contributed by atoms with Crippen LogP contribution in [0.3, 0.4) is 0 Å². The minimum atomic E-state index is -2.91. The Bertz CT molecular complexity index is 749. The number of halogens is 2. The molecule has 1 N–H and O–H groups in total. The van der Waals surface area contributed by atoms with Gasteiger partial charge in [-0.15, -0.1) is 0 Å². The molecule has 5 nitrogen and oxygen atoms in total. The van der Waals surface area contributed by atoms with E-state index >= 15 is 0 Å². The van der Waals surface area contributed by atoms with Gasteiger partial charge in [-0.25, -0.2) is 4.98 Å². The molecule has 1 amide bonds. The molecule has 0 bridgehead atoms. The van der Waals surface area contributed by atoms with Crippen molar-refractivity contribution in [3.63, 3.8) is 0 Å². The first kappa shape index (κ1) is 18.1. The normalized spacial score (nSPS) is 14.3. The molecule has 2 heterocycles. The van der Waals surface area contributed by atoms with E-state index in [1.807, 2.05) is 0 Å². The number of carbonyl (C=O) groups excluding carboxylic acids is 1. The van der Waals surface area contributed by atoms with Gasteiger partial charge in [-0.1, -0.05) is 18.2 Å². The first-order chi connectivity index (χ1) is 12.6. The molecule has 1 saturated heterocycles. The maximum atomic E-state index is 12.6. The zero-order chi connectivity index (χ0) is 18.4. The highest BCUT2D eigenvalue weighted by Crippen LogP contribution is 2.23. The number of para-hydroxylation sites is 1. The second-order valence-electron chi connectivity index (χ2n) is 6.09. The minimum Gasteiger partial charge on any atom is -0.434 e. The maximum absolute atomic E-state index is 12.6. The van der Waals surface area contributed by atoms with E-state index in [1.165, 1.54) is 12.5 Å². The van der Waals surface area contributed by atoms with Crippen molar-refractivity contribution in [1.29, 1.82) is 0 Å². The van der Waals surface area contributed by atoms with Crippen molar-refractivity contribution in [3.05, 3.63) is 53.7 Å². The van der Waals surface area contributed by atoms with E-state index in [9.17, 15) is 13.6 Å². The fourth-order valence-electron chi connectivity index (χ4n) is 3.06. The van der Waals surface area contributed by atoms with Crippen molar-refractivity contribution in [2.24, 2.45) is 0 Å². The topological polar surface area (TPSA) is 54.5 Å². The van der Waals surface area contributed by atoms with E-state index in [-0.39, 0.29) is 18.2 Å². The van der Waals surface area contributed by atoms with E-state index in [2.05, 4.69) is 19.9 Å². The fraction of sp³-hybridized carbons (Fsp3) is 0.368. The van der Waals surface area contributed by atoms with Gasteiger partial charge < -0.3 is 15.0 Å². The standard InChI is InChI=1S/C19H21F2N3O2/c20-19(21)26-16-9-3-2-7-14(16)13-23-18(25)15-8-6-10-22-17(15)24-11-4-1-5-12-24/h2-3,6-10,19H,1,4-5,11-13H2,(H,23,25). The van der Waals surface area contributed by atoms with Gasteiger partial charge in [0.15, 0.2) is 0 Å². The smallest absolute Gasteiger partial charge is 0.387 e. The molecule has 0 spiro atoms. The number of piperidine rings is 1. The van der Waals surface area contributed by atoms with Gasteiger partial charge in [0, 0.05) is 31.4 Å². The minimum absolute atomic E-state index is 0.0604. The molecular weight excluding hydrogens is 340 g/mol. The molecule has 1 fully saturated rings. The Morgan fingerprint density at radius 1 is 1.15 bits per heavy atom. The Morgan fingerprint density at radius 2 is 1.92 bits per heavy atom. The van der Waals surface area contributed by atoms with Crippen molar-refractivity contribution < 1.29 is 18.3 Å². The van der Waals surface area contributed by atoms with E-state index in [0.29, 0.717) is 16.9 Å². The third-order valence-corrected chi connectivity index (χ3v) is 4.31. The molecule has 138 valence electrons. The van der Waals surface area contributed by atoms with Gasteiger partial charge in [0.1, 0.15) is 11.6 Å². The summed E-state index contributed by atoms with van der Waals surface area (Å²) in [7, 11) is 0. The zero-order valence-electron chi connectivity index (χ0n) is 14.3. The molecule has 1 aliphatic rings. The second-order valence-corrected chi connectivity index (χ2v) is 6.09. The average molecular weight is 361 g/mol. The van der Waals surface area contributed by atoms with Crippen LogP contribution in [-0.4, -0.2) is 30.6 Å². The summed E-state index contributed by atoms with van der Waals surface area (Å²) < 4.78 is 29.5. The predicted octanol–water partition coefficient (Wildman–Crippen LogP) is 3.60. The lowest BCUT2D eigenvalue weighted by molar-refractivity contribution is -0.0504. The Kier molecular flexibility index (Phi) is 5.99. The van der Waals surface area contributed by atoms with Gasteiger partial charge in [0.2, 0.25) is 0 Å². The van der Waals surface area contributed by atoms with Crippen LogP contribution in [-0.2, 0) is 6.54 Å².